The van der Waals surface area contributed by atoms with Crippen molar-refractivity contribution in [2.45, 2.75) is 44.2 Å². The first-order chi connectivity index (χ1) is 12.1. The van der Waals surface area contributed by atoms with Crippen LogP contribution >= 0.6 is 0 Å². The molecule has 2 heterocycles. The number of carboxylic acids is 1. The maximum atomic E-state index is 11.0. The number of rotatable bonds is 6. The summed E-state index contributed by atoms with van der Waals surface area (Å²) in [4.78, 5) is 16.1. The van der Waals surface area contributed by atoms with Gasteiger partial charge in [0.2, 0.25) is 0 Å². The molecule has 0 radical (unpaired) electrons. The molecule has 138 valence electrons. The van der Waals surface area contributed by atoms with Gasteiger partial charge < -0.3 is 15.3 Å². The SMILES string of the molecule is CN1CCC(CNCc2ccc(C(=O)O)cc2)(N2CCCCC2)CC1. The molecule has 0 atom stereocenters. The molecule has 2 N–H and O–H groups in total. The number of nitrogens with one attached hydrogen (secondary N) is 1. The van der Waals surface area contributed by atoms with E-state index in [2.05, 4.69) is 22.2 Å². The first-order valence-corrected chi connectivity index (χ1v) is 9.56. The molecule has 2 aliphatic heterocycles. The lowest BCUT2D eigenvalue weighted by atomic mass is 9.84. The quantitative estimate of drug-likeness (QED) is 0.829. The zero-order valence-electron chi connectivity index (χ0n) is 15.3. The van der Waals surface area contributed by atoms with Crippen molar-refractivity contribution in [2.75, 3.05) is 39.8 Å². The monoisotopic (exact) mass is 345 g/mol. The summed E-state index contributed by atoms with van der Waals surface area (Å²) < 4.78 is 0. The molecule has 0 unspecified atom stereocenters. The average molecular weight is 345 g/mol. The van der Waals surface area contributed by atoms with Crippen LogP contribution in [0.5, 0.6) is 0 Å². The maximum Gasteiger partial charge on any atom is 0.335 e. The minimum absolute atomic E-state index is 0.286. The van der Waals surface area contributed by atoms with Crippen LogP contribution in [-0.2, 0) is 6.54 Å². The normalized spacial score (nSPS) is 22.0. The highest BCUT2D eigenvalue weighted by Gasteiger charge is 2.39. The van der Waals surface area contributed by atoms with E-state index in [4.69, 9.17) is 5.11 Å². The second-order valence-corrected chi connectivity index (χ2v) is 7.68. The van der Waals surface area contributed by atoms with E-state index < -0.39 is 5.97 Å². The fourth-order valence-corrected chi connectivity index (χ4v) is 4.21. The Morgan fingerprint density at radius 3 is 2.32 bits per heavy atom. The summed E-state index contributed by atoms with van der Waals surface area (Å²) in [5.41, 5.74) is 1.78. The van der Waals surface area contributed by atoms with Gasteiger partial charge >= 0.3 is 5.97 Å². The Hall–Kier alpha value is -1.43. The molecule has 1 aromatic rings. The highest BCUT2D eigenvalue weighted by atomic mass is 16.4. The fourth-order valence-electron chi connectivity index (χ4n) is 4.21. The third kappa shape index (κ3) is 4.60. The zero-order valence-corrected chi connectivity index (χ0v) is 15.3. The van der Waals surface area contributed by atoms with Crippen LogP contribution in [0.25, 0.3) is 0 Å². The van der Waals surface area contributed by atoms with Crippen LogP contribution in [0, 0.1) is 0 Å². The van der Waals surface area contributed by atoms with Crippen LogP contribution in [0.2, 0.25) is 0 Å². The second kappa shape index (κ2) is 8.30. The third-order valence-corrected chi connectivity index (χ3v) is 5.93. The number of hydrogen-bond donors (Lipinski definition) is 2. The number of carboxylic acid groups (broad SMARTS) is 1. The van der Waals surface area contributed by atoms with E-state index >= 15 is 0 Å². The molecule has 0 saturated carbocycles. The number of carbonyl (C=O) groups is 1. The Labute approximate surface area is 151 Å². The van der Waals surface area contributed by atoms with Crippen molar-refractivity contribution in [3.05, 3.63) is 35.4 Å². The fraction of sp³-hybridized carbons (Fsp3) is 0.650. The number of nitrogens with zero attached hydrogens (tertiary/aromatic N) is 2. The van der Waals surface area contributed by atoms with Crippen LogP contribution < -0.4 is 5.32 Å². The lowest BCUT2D eigenvalue weighted by Gasteiger charge is -2.50. The number of likely N-dealkylation sites (tertiary alicyclic amines) is 2. The van der Waals surface area contributed by atoms with Crippen molar-refractivity contribution in [2.24, 2.45) is 0 Å². The largest absolute Gasteiger partial charge is 0.478 e. The van der Waals surface area contributed by atoms with E-state index in [1.54, 1.807) is 12.1 Å². The Morgan fingerprint density at radius 2 is 1.72 bits per heavy atom. The first-order valence-electron chi connectivity index (χ1n) is 9.56. The molecule has 5 nitrogen and oxygen atoms in total. The Bertz CT molecular complexity index is 559. The van der Waals surface area contributed by atoms with E-state index in [9.17, 15) is 4.79 Å². The first kappa shape index (κ1) is 18.4. The predicted molar refractivity (Wildman–Crippen MR) is 100.0 cm³/mol. The van der Waals surface area contributed by atoms with Crippen molar-refractivity contribution in [3.8, 4) is 0 Å². The highest BCUT2D eigenvalue weighted by molar-refractivity contribution is 5.87. The van der Waals surface area contributed by atoms with Crippen molar-refractivity contribution >= 4 is 5.97 Å². The molecule has 1 aromatic carbocycles. The van der Waals surface area contributed by atoms with Crippen LogP contribution in [0.1, 0.15) is 48.0 Å². The summed E-state index contributed by atoms with van der Waals surface area (Å²) in [6.07, 6.45) is 6.49. The molecule has 0 aliphatic carbocycles. The minimum atomic E-state index is -0.866. The molecule has 2 saturated heterocycles. The summed E-state index contributed by atoms with van der Waals surface area (Å²) >= 11 is 0. The molecule has 2 fully saturated rings. The van der Waals surface area contributed by atoms with Gasteiger partial charge in [0.15, 0.2) is 0 Å². The smallest absolute Gasteiger partial charge is 0.335 e. The van der Waals surface area contributed by atoms with Gasteiger partial charge in [0.05, 0.1) is 5.56 Å². The molecule has 0 aromatic heterocycles. The third-order valence-electron chi connectivity index (χ3n) is 5.93. The summed E-state index contributed by atoms with van der Waals surface area (Å²) in [6.45, 7) is 6.63. The van der Waals surface area contributed by atoms with Crippen LogP contribution in [0.3, 0.4) is 0 Å². The van der Waals surface area contributed by atoms with Gasteiger partial charge in [-0.3, -0.25) is 4.90 Å². The predicted octanol–water partition coefficient (Wildman–Crippen LogP) is 2.42. The maximum absolute atomic E-state index is 11.0. The van der Waals surface area contributed by atoms with Crippen molar-refractivity contribution < 1.29 is 9.90 Å². The lowest BCUT2D eigenvalue weighted by Crippen LogP contribution is -2.60. The molecule has 25 heavy (non-hydrogen) atoms. The van der Waals surface area contributed by atoms with Crippen molar-refractivity contribution in [3.63, 3.8) is 0 Å². The van der Waals surface area contributed by atoms with E-state index in [1.165, 1.54) is 58.3 Å². The Kier molecular flexibility index (Phi) is 6.10. The Morgan fingerprint density at radius 1 is 1.08 bits per heavy atom. The van der Waals surface area contributed by atoms with E-state index in [-0.39, 0.29) is 5.54 Å². The lowest BCUT2D eigenvalue weighted by molar-refractivity contribution is 0.0142. The molecule has 0 amide bonds. The number of aromatic carboxylic acids is 1. The van der Waals surface area contributed by atoms with Gasteiger partial charge in [-0.1, -0.05) is 18.6 Å². The van der Waals surface area contributed by atoms with Gasteiger partial charge in [-0.05, 0) is 76.6 Å². The minimum Gasteiger partial charge on any atom is -0.478 e. The summed E-state index contributed by atoms with van der Waals surface area (Å²) in [6, 6.07) is 7.21. The molecule has 0 bridgehead atoms. The van der Waals surface area contributed by atoms with Gasteiger partial charge in [0, 0.05) is 18.6 Å². The van der Waals surface area contributed by atoms with Crippen molar-refractivity contribution in [1.82, 2.24) is 15.1 Å². The van der Waals surface area contributed by atoms with E-state index in [1.807, 2.05) is 12.1 Å². The molecule has 2 aliphatic rings. The van der Waals surface area contributed by atoms with Gasteiger partial charge in [-0.2, -0.15) is 0 Å². The van der Waals surface area contributed by atoms with Gasteiger partial charge in [0.1, 0.15) is 0 Å². The van der Waals surface area contributed by atoms with Gasteiger partial charge in [-0.15, -0.1) is 0 Å². The van der Waals surface area contributed by atoms with E-state index in [0.717, 1.165) is 18.7 Å². The van der Waals surface area contributed by atoms with Gasteiger partial charge in [0.25, 0.3) is 0 Å². The summed E-state index contributed by atoms with van der Waals surface area (Å²) in [5, 5.41) is 12.7. The average Bonchev–Trinajstić information content (AvgIpc) is 2.65. The van der Waals surface area contributed by atoms with E-state index in [0.29, 0.717) is 5.56 Å². The van der Waals surface area contributed by atoms with Crippen LogP contribution in [0.4, 0.5) is 0 Å². The topological polar surface area (TPSA) is 55.8 Å². The second-order valence-electron chi connectivity index (χ2n) is 7.68. The zero-order chi connectivity index (χ0) is 17.7. The summed E-state index contributed by atoms with van der Waals surface area (Å²) in [5.74, 6) is -0.866. The molecular formula is C20H31N3O2. The summed E-state index contributed by atoms with van der Waals surface area (Å²) in [7, 11) is 2.22. The van der Waals surface area contributed by atoms with Crippen LogP contribution in [0.15, 0.2) is 24.3 Å². The molecule has 3 rings (SSSR count). The molecular weight excluding hydrogens is 314 g/mol. The Balaban J connectivity index is 1.59. The van der Waals surface area contributed by atoms with Gasteiger partial charge in [-0.25, -0.2) is 4.79 Å². The number of piperidine rings is 2. The van der Waals surface area contributed by atoms with Crippen LogP contribution in [-0.4, -0.2) is 66.2 Å². The molecule has 0 spiro atoms. The van der Waals surface area contributed by atoms with Crippen molar-refractivity contribution in [1.29, 1.82) is 0 Å². The standard InChI is InChI=1S/C20H31N3O2/c1-22-13-9-20(10-14-22,23-11-3-2-4-12-23)16-21-15-17-5-7-18(8-6-17)19(24)25/h5-8,21H,2-4,9-16H2,1H3,(H,24,25). The number of hydrogen-bond acceptors (Lipinski definition) is 4. The highest BCUT2D eigenvalue weighted by Crippen LogP contribution is 2.30. The number of benzene rings is 1. The molecule has 5 heteroatoms.